The highest BCUT2D eigenvalue weighted by molar-refractivity contribution is 5.12. The van der Waals surface area contributed by atoms with E-state index < -0.39 is 0 Å². The summed E-state index contributed by atoms with van der Waals surface area (Å²) in [6.45, 7) is 2.61. The Hall–Kier alpha value is -0.830. The molecule has 1 aliphatic heterocycles. The molecule has 2 aliphatic rings. The summed E-state index contributed by atoms with van der Waals surface area (Å²) < 4.78 is 1.93. The van der Waals surface area contributed by atoms with Crippen LogP contribution in [0.1, 0.15) is 50.1 Å². The zero-order valence-electron chi connectivity index (χ0n) is 10.8. The van der Waals surface area contributed by atoms with E-state index >= 15 is 0 Å². The molecule has 3 heteroatoms. The van der Waals surface area contributed by atoms with Crippen molar-refractivity contribution < 1.29 is 0 Å². The van der Waals surface area contributed by atoms with Gasteiger partial charge in [-0.25, -0.2) is 0 Å². The summed E-state index contributed by atoms with van der Waals surface area (Å²) in [5.41, 5.74) is 1.42. The maximum absolute atomic E-state index is 4.32. The second-order valence-corrected chi connectivity index (χ2v) is 5.75. The summed E-state index contributed by atoms with van der Waals surface area (Å²) in [6, 6.07) is 0.643. The van der Waals surface area contributed by atoms with Gasteiger partial charge in [0.15, 0.2) is 0 Å². The minimum atomic E-state index is 0.643. The van der Waals surface area contributed by atoms with Crippen LogP contribution in [0.5, 0.6) is 0 Å². The summed E-state index contributed by atoms with van der Waals surface area (Å²) in [4.78, 5) is 2.70. The Balaban J connectivity index is 1.66. The number of nitrogens with zero attached hydrogens (tertiary/aromatic N) is 3. The van der Waals surface area contributed by atoms with Gasteiger partial charge in [0.1, 0.15) is 0 Å². The standard InChI is InChI=1S/C14H23N3/c1-16-11-13(9-15-16)14-7-4-8-17(14)10-12-5-2-3-6-12/h9,11-12,14H,2-8,10H2,1H3. The normalized spacial score (nSPS) is 27.0. The second kappa shape index (κ2) is 4.81. The Morgan fingerprint density at radius 2 is 2.06 bits per heavy atom. The lowest BCUT2D eigenvalue weighted by atomic mass is 10.1. The number of hydrogen-bond donors (Lipinski definition) is 0. The van der Waals surface area contributed by atoms with Gasteiger partial charge in [0.2, 0.25) is 0 Å². The van der Waals surface area contributed by atoms with Crippen molar-refractivity contribution in [3.63, 3.8) is 0 Å². The topological polar surface area (TPSA) is 21.1 Å². The number of rotatable bonds is 3. The van der Waals surface area contributed by atoms with Crippen molar-refractivity contribution in [3.8, 4) is 0 Å². The molecule has 0 bridgehead atoms. The summed E-state index contributed by atoms with van der Waals surface area (Å²) >= 11 is 0. The molecule has 1 unspecified atom stereocenters. The van der Waals surface area contributed by atoms with E-state index in [0.29, 0.717) is 6.04 Å². The molecule has 0 radical (unpaired) electrons. The van der Waals surface area contributed by atoms with Crippen LogP contribution in [0.4, 0.5) is 0 Å². The highest BCUT2D eigenvalue weighted by Crippen LogP contribution is 2.35. The summed E-state index contributed by atoms with van der Waals surface area (Å²) in [6.07, 6.45) is 12.7. The first-order chi connectivity index (χ1) is 8.33. The smallest absolute Gasteiger partial charge is 0.0537 e. The van der Waals surface area contributed by atoms with Crippen LogP contribution in [0.15, 0.2) is 12.4 Å². The zero-order valence-corrected chi connectivity index (χ0v) is 10.8. The van der Waals surface area contributed by atoms with Crippen molar-refractivity contribution >= 4 is 0 Å². The molecule has 1 aliphatic carbocycles. The van der Waals surface area contributed by atoms with Gasteiger partial charge in [0.25, 0.3) is 0 Å². The molecule has 0 aromatic carbocycles. The van der Waals surface area contributed by atoms with E-state index in [4.69, 9.17) is 0 Å². The molecule has 2 heterocycles. The number of aryl methyl sites for hydroxylation is 1. The van der Waals surface area contributed by atoms with Crippen LogP contribution in [-0.4, -0.2) is 27.8 Å². The van der Waals surface area contributed by atoms with Gasteiger partial charge < -0.3 is 0 Å². The van der Waals surface area contributed by atoms with E-state index in [9.17, 15) is 0 Å². The lowest BCUT2D eigenvalue weighted by Crippen LogP contribution is -2.28. The first-order valence-corrected chi connectivity index (χ1v) is 7.05. The van der Waals surface area contributed by atoms with E-state index in [1.54, 1.807) is 0 Å². The van der Waals surface area contributed by atoms with Gasteiger partial charge in [-0.2, -0.15) is 5.10 Å². The third-order valence-corrected chi connectivity index (χ3v) is 4.44. The first-order valence-electron chi connectivity index (χ1n) is 7.05. The van der Waals surface area contributed by atoms with E-state index in [-0.39, 0.29) is 0 Å². The lowest BCUT2D eigenvalue weighted by molar-refractivity contribution is 0.217. The van der Waals surface area contributed by atoms with Gasteiger partial charge in [-0.3, -0.25) is 9.58 Å². The molecule has 1 atom stereocenters. The molecular weight excluding hydrogens is 210 g/mol. The van der Waals surface area contributed by atoms with Gasteiger partial charge in [0, 0.05) is 31.4 Å². The summed E-state index contributed by atoms with van der Waals surface area (Å²) in [5.74, 6) is 0.965. The second-order valence-electron chi connectivity index (χ2n) is 5.75. The van der Waals surface area contributed by atoms with Crippen LogP contribution in [0.25, 0.3) is 0 Å². The van der Waals surface area contributed by atoms with E-state index in [0.717, 1.165) is 5.92 Å². The maximum atomic E-state index is 4.32. The molecule has 3 nitrogen and oxygen atoms in total. The first kappa shape index (κ1) is 11.3. The number of aromatic nitrogens is 2. The van der Waals surface area contributed by atoms with Crippen molar-refractivity contribution in [1.29, 1.82) is 0 Å². The van der Waals surface area contributed by atoms with E-state index in [1.165, 1.54) is 57.2 Å². The molecule has 0 amide bonds. The average molecular weight is 233 g/mol. The van der Waals surface area contributed by atoms with Crippen LogP contribution < -0.4 is 0 Å². The molecule has 17 heavy (non-hydrogen) atoms. The van der Waals surface area contributed by atoms with Gasteiger partial charge in [-0.1, -0.05) is 12.8 Å². The predicted molar refractivity (Wildman–Crippen MR) is 68.7 cm³/mol. The summed E-state index contributed by atoms with van der Waals surface area (Å²) in [5, 5.41) is 4.32. The van der Waals surface area contributed by atoms with E-state index in [2.05, 4.69) is 22.4 Å². The van der Waals surface area contributed by atoms with Gasteiger partial charge in [0.05, 0.1) is 6.20 Å². The van der Waals surface area contributed by atoms with Crippen molar-refractivity contribution in [1.82, 2.24) is 14.7 Å². The van der Waals surface area contributed by atoms with Gasteiger partial charge in [-0.15, -0.1) is 0 Å². The molecule has 0 spiro atoms. The van der Waals surface area contributed by atoms with Crippen molar-refractivity contribution in [2.45, 2.75) is 44.6 Å². The Morgan fingerprint density at radius 3 is 2.76 bits per heavy atom. The molecular formula is C14H23N3. The molecule has 1 saturated heterocycles. The SMILES string of the molecule is Cn1cc(C2CCCN2CC2CCCC2)cn1. The van der Waals surface area contributed by atoms with Crippen LogP contribution in [0.3, 0.4) is 0 Å². The van der Waals surface area contributed by atoms with Crippen molar-refractivity contribution in [2.75, 3.05) is 13.1 Å². The molecule has 1 saturated carbocycles. The van der Waals surface area contributed by atoms with Crippen molar-refractivity contribution in [3.05, 3.63) is 18.0 Å². The highest BCUT2D eigenvalue weighted by Gasteiger charge is 2.29. The Kier molecular flexibility index (Phi) is 3.19. The fraction of sp³-hybridized carbons (Fsp3) is 0.786. The van der Waals surface area contributed by atoms with Crippen molar-refractivity contribution in [2.24, 2.45) is 13.0 Å². The van der Waals surface area contributed by atoms with Crippen LogP contribution >= 0.6 is 0 Å². The Bertz CT molecular complexity index is 365. The fourth-order valence-corrected chi connectivity index (χ4v) is 3.56. The largest absolute Gasteiger partial charge is 0.296 e. The third kappa shape index (κ3) is 2.39. The zero-order chi connectivity index (χ0) is 11.7. The molecule has 0 N–H and O–H groups in total. The fourth-order valence-electron chi connectivity index (χ4n) is 3.56. The minimum Gasteiger partial charge on any atom is -0.296 e. The molecule has 1 aromatic heterocycles. The van der Waals surface area contributed by atoms with Crippen LogP contribution in [0, 0.1) is 5.92 Å². The Morgan fingerprint density at radius 1 is 1.24 bits per heavy atom. The van der Waals surface area contributed by atoms with E-state index in [1.807, 2.05) is 11.7 Å². The molecule has 2 fully saturated rings. The third-order valence-electron chi connectivity index (χ3n) is 4.44. The summed E-state index contributed by atoms with van der Waals surface area (Å²) in [7, 11) is 2.01. The highest BCUT2D eigenvalue weighted by atomic mass is 15.3. The molecule has 94 valence electrons. The lowest BCUT2D eigenvalue weighted by Gasteiger charge is -2.26. The maximum Gasteiger partial charge on any atom is 0.0537 e. The minimum absolute atomic E-state index is 0.643. The van der Waals surface area contributed by atoms with Crippen LogP contribution in [0.2, 0.25) is 0 Å². The predicted octanol–water partition coefficient (Wildman–Crippen LogP) is 2.75. The average Bonchev–Trinajstić information content (AvgIpc) is 2.99. The monoisotopic (exact) mass is 233 g/mol. The number of likely N-dealkylation sites (tertiary alicyclic amines) is 1. The molecule has 3 rings (SSSR count). The van der Waals surface area contributed by atoms with Gasteiger partial charge in [-0.05, 0) is 38.1 Å². The van der Waals surface area contributed by atoms with Gasteiger partial charge >= 0.3 is 0 Å². The molecule has 1 aromatic rings. The quantitative estimate of drug-likeness (QED) is 0.800. The van der Waals surface area contributed by atoms with Crippen LogP contribution in [-0.2, 0) is 7.05 Å². The number of hydrogen-bond acceptors (Lipinski definition) is 2. The Labute approximate surface area is 104 Å².